The molecule has 0 radical (unpaired) electrons. The molecule has 0 aromatic heterocycles. The van der Waals surface area contributed by atoms with Crippen LogP contribution in [0.1, 0.15) is 10.4 Å². The SMILES string of the molecule is O=Cc1ccc(N2CCOC2=O)c(Br)c1. The number of carbonyl (C=O) groups excluding carboxylic acids is 2. The first-order valence-electron chi connectivity index (χ1n) is 4.41. The summed E-state index contributed by atoms with van der Waals surface area (Å²) in [7, 11) is 0. The Hall–Kier alpha value is -1.36. The molecule has 1 amide bonds. The van der Waals surface area contributed by atoms with E-state index in [4.69, 9.17) is 4.74 Å². The van der Waals surface area contributed by atoms with Gasteiger partial charge >= 0.3 is 6.09 Å². The number of amides is 1. The summed E-state index contributed by atoms with van der Waals surface area (Å²) in [4.78, 5) is 23.4. The molecule has 4 nitrogen and oxygen atoms in total. The molecule has 78 valence electrons. The molecule has 0 saturated carbocycles. The number of hydrogen-bond donors (Lipinski definition) is 0. The first kappa shape index (κ1) is 10.2. The van der Waals surface area contributed by atoms with E-state index in [0.717, 1.165) is 12.0 Å². The summed E-state index contributed by atoms with van der Waals surface area (Å²) in [5.74, 6) is 0. The molecule has 0 unspecified atom stereocenters. The molecule has 1 fully saturated rings. The normalized spacial score (nSPS) is 15.3. The van der Waals surface area contributed by atoms with Crippen LogP contribution in [0.4, 0.5) is 10.5 Å². The van der Waals surface area contributed by atoms with Gasteiger partial charge in [-0.1, -0.05) is 0 Å². The highest BCUT2D eigenvalue weighted by molar-refractivity contribution is 9.10. The Kier molecular flexibility index (Phi) is 2.73. The number of nitrogens with zero attached hydrogens (tertiary/aromatic N) is 1. The highest BCUT2D eigenvalue weighted by atomic mass is 79.9. The fourth-order valence-corrected chi connectivity index (χ4v) is 2.04. The lowest BCUT2D eigenvalue weighted by molar-refractivity contribution is 0.112. The number of benzene rings is 1. The van der Waals surface area contributed by atoms with Crippen LogP contribution in [0.2, 0.25) is 0 Å². The minimum Gasteiger partial charge on any atom is -0.447 e. The largest absolute Gasteiger partial charge is 0.447 e. The van der Waals surface area contributed by atoms with Crippen molar-refractivity contribution >= 4 is 34.0 Å². The first-order valence-corrected chi connectivity index (χ1v) is 5.20. The van der Waals surface area contributed by atoms with Gasteiger partial charge < -0.3 is 4.74 Å². The van der Waals surface area contributed by atoms with Gasteiger partial charge in [-0.2, -0.15) is 0 Å². The Balaban J connectivity index is 2.36. The molecule has 1 aliphatic rings. The Bertz CT molecular complexity index is 419. The lowest BCUT2D eigenvalue weighted by Gasteiger charge is -2.14. The fraction of sp³-hybridized carbons (Fsp3) is 0.200. The maximum Gasteiger partial charge on any atom is 0.414 e. The van der Waals surface area contributed by atoms with Gasteiger partial charge in [0.2, 0.25) is 0 Å². The first-order chi connectivity index (χ1) is 7.22. The Labute approximate surface area is 94.9 Å². The summed E-state index contributed by atoms with van der Waals surface area (Å²) in [5, 5.41) is 0. The standard InChI is InChI=1S/C10H8BrNO3/c11-8-5-7(6-13)1-2-9(8)12-3-4-15-10(12)14/h1-2,5-6H,3-4H2. The highest BCUT2D eigenvalue weighted by Crippen LogP contribution is 2.28. The van der Waals surface area contributed by atoms with Crippen molar-refractivity contribution in [3.8, 4) is 0 Å². The maximum absolute atomic E-state index is 11.3. The van der Waals surface area contributed by atoms with Crippen molar-refractivity contribution in [1.82, 2.24) is 0 Å². The van der Waals surface area contributed by atoms with Crippen LogP contribution >= 0.6 is 15.9 Å². The summed E-state index contributed by atoms with van der Waals surface area (Å²) < 4.78 is 5.54. The number of anilines is 1. The number of halogens is 1. The van der Waals surface area contributed by atoms with Gasteiger partial charge in [0.05, 0.1) is 12.2 Å². The zero-order valence-corrected chi connectivity index (χ0v) is 9.36. The number of aldehydes is 1. The van der Waals surface area contributed by atoms with Crippen LogP contribution in [0, 0.1) is 0 Å². The van der Waals surface area contributed by atoms with Crippen molar-refractivity contribution in [2.75, 3.05) is 18.1 Å². The van der Waals surface area contributed by atoms with Gasteiger partial charge in [-0.15, -0.1) is 0 Å². The van der Waals surface area contributed by atoms with Gasteiger partial charge in [0.15, 0.2) is 0 Å². The highest BCUT2D eigenvalue weighted by Gasteiger charge is 2.25. The fourth-order valence-electron chi connectivity index (χ4n) is 1.43. The number of cyclic esters (lactones) is 1. The van der Waals surface area contributed by atoms with E-state index in [2.05, 4.69) is 15.9 Å². The topological polar surface area (TPSA) is 46.6 Å². The molecule has 1 aliphatic heterocycles. The number of carbonyl (C=O) groups is 2. The van der Waals surface area contributed by atoms with E-state index in [0.29, 0.717) is 23.2 Å². The molecule has 0 atom stereocenters. The van der Waals surface area contributed by atoms with E-state index in [9.17, 15) is 9.59 Å². The van der Waals surface area contributed by atoms with Crippen molar-refractivity contribution in [3.63, 3.8) is 0 Å². The van der Waals surface area contributed by atoms with Crippen molar-refractivity contribution in [1.29, 1.82) is 0 Å². The molecule has 0 N–H and O–H groups in total. The van der Waals surface area contributed by atoms with Crippen molar-refractivity contribution in [2.24, 2.45) is 0 Å². The molecule has 1 saturated heterocycles. The second kappa shape index (κ2) is 4.02. The van der Waals surface area contributed by atoms with E-state index in [-0.39, 0.29) is 6.09 Å². The smallest absolute Gasteiger partial charge is 0.414 e. The zero-order valence-electron chi connectivity index (χ0n) is 7.77. The van der Waals surface area contributed by atoms with E-state index in [1.165, 1.54) is 4.90 Å². The van der Waals surface area contributed by atoms with E-state index >= 15 is 0 Å². The van der Waals surface area contributed by atoms with Crippen molar-refractivity contribution in [2.45, 2.75) is 0 Å². The second-order valence-corrected chi connectivity index (χ2v) is 3.95. The van der Waals surface area contributed by atoms with Gasteiger partial charge in [0.1, 0.15) is 12.9 Å². The summed E-state index contributed by atoms with van der Waals surface area (Å²) in [6.45, 7) is 0.943. The third-order valence-electron chi connectivity index (χ3n) is 2.16. The molecule has 1 heterocycles. The third kappa shape index (κ3) is 1.87. The molecule has 2 rings (SSSR count). The lowest BCUT2D eigenvalue weighted by atomic mass is 10.2. The van der Waals surface area contributed by atoms with Crippen molar-refractivity contribution in [3.05, 3.63) is 28.2 Å². The quantitative estimate of drug-likeness (QED) is 0.774. The van der Waals surface area contributed by atoms with Gasteiger partial charge in [-0.05, 0) is 34.1 Å². The van der Waals surface area contributed by atoms with Crippen molar-refractivity contribution < 1.29 is 14.3 Å². The molecule has 0 spiro atoms. The van der Waals surface area contributed by atoms with Crippen LogP contribution in [-0.4, -0.2) is 25.5 Å². The molecule has 1 aromatic rings. The third-order valence-corrected chi connectivity index (χ3v) is 2.79. The minimum absolute atomic E-state index is 0.352. The average molecular weight is 270 g/mol. The monoisotopic (exact) mass is 269 g/mol. The molecule has 0 bridgehead atoms. The predicted molar refractivity (Wildman–Crippen MR) is 58.2 cm³/mol. The zero-order chi connectivity index (χ0) is 10.8. The number of rotatable bonds is 2. The molecular formula is C10H8BrNO3. The van der Waals surface area contributed by atoms with Crippen LogP contribution in [0.5, 0.6) is 0 Å². The second-order valence-electron chi connectivity index (χ2n) is 3.09. The predicted octanol–water partition coefficient (Wildman–Crippen LogP) is 2.22. The average Bonchev–Trinajstić information content (AvgIpc) is 2.64. The Morgan fingerprint density at radius 3 is 2.80 bits per heavy atom. The molecule has 5 heteroatoms. The van der Waals surface area contributed by atoms with Crippen LogP contribution in [-0.2, 0) is 4.74 Å². The molecule has 1 aromatic carbocycles. The van der Waals surface area contributed by atoms with E-state index < -0.39 is 0 Å². The Morgan fingerprint density at radius 2 is 2.27 bits per heavy atom. The van der Waals surface area contributed by atoms with Gasteiger partial charge in [0.25, 0.3) is 0 Å². The lowest BCUT2D eigenvalue weighted by Crippen LogP contribution is -2.23. The number of hydrogen-bond acceptors (Lipinski definition) is 3. The molecular weight excluding hydrogens is 262 g/mol. The minimum atomic E-state index is -0.352. The summed E-state index contributed by atoms with van der Waals surface area (Å²) in [6, 6.07) is 5.06. The summed E-state index contributed by atoms with van der Waals surface area (Å²) >= 11 is 3.32. The summed E-state index contributed by atoms with van der Waals surface area (Å²) in [6.07, 6.45) is 0.408. The van der Waals surface area contributed by atoms with Gasteiger partial charge in [-0.25, -0.2) is 4.79 Å². The van der Waals surface area contributed by atoms with Crippen LogP contribution < -0.4 is 4.90 Å². The number of ether oxygens (including phenoxy) is 1. The molecule has 0 aliphatic carbocycles. The summed E-state index contributed by atoms with van der Waals surface area (Å²) in [5.41, 5.74) is 1.29. The van der Waals surface area contributed by atoms with E-state index in [1.54, 1.807) is 18.2 Å². The van der Waals surface area contributed by atoms with Gasteiger partial charge in [-0.3, -0.25) is 9.69 Å². The van der Waals surface area contributed by atoms with E-state index in [1.807, 2.05) is 0 Å². The Morgan fingerprint density at radius 1 is 1.47 bits per heavy atom. The van der Waals surface area contributed by atoms with Crippen LogP contribution in [0.3, 0.4) is 0 Å². The van der Waals surface area contributed by atoms with Gasteiger partial charge in [0, 0.05) is 10.0 Å². The van der Waals surface area contributed by atoms with Crippen LogP contribution in [0.25, 0.3) is 0 Å². The van der Waals surface area contributed by atoms with Crippen LogP contribution in [0.15, 0.2) is 22.7 Å². The molecule has 15 heavy (non-hydrogen) atoms. The maximum atomic E-state index is 11.3.